The van der Waals surface area contributed by atoms with Crippen molar-refractivity contribution in [3.63, 3.8) is 0 Å². The van der Waals surface area contributed by atoms with E-state index in [-0.39, 0.29) is 17.4 Å². The molecule has 1 aromatic heterocycles. The summed E-state index contributed by atoms with van der Waals surface area (Å²) in [7, 11) is 0. The Hall–Kier alpha value is -1.94. The van der Waals surface area contributed by atoms with Gasteiger partial charge in [-0.3, -0.25) is 9.78 Å². The topological polar surface area (TPSA) is 42.0 Å². The van der Waals surface area contributed by atoms with Crippen molar-refractivity contribution in [2.75, 3.05) is 6.54 Å². The lowest BCUT2D eigenvalue weighted by atomic mass is 10.1. The molecule has 0 spiro atoms. The summed E-state index contributed by atoms with van der Waals surface area (Å²) in [4.78, 5) is 15.7. The summed E-state index contributed by atoms with van der Waals surface area (Å²) in [5.74, 6) is -0.587. The molecule has 0 aliphatic carbocycles. The van der Waals surface area contributed by atoms with Crippen LogP contribution in [0.4, 0.5) is 4.39 Å². The molecule has 0 bridgehead atoms. The lowest BCUT2D eigenvalue weighted by Crippen LogP contribution is -2.26. The van der Waals surface area contributed by atoms with E-state index in [4.69, 9.17) is 11.6 Å². The first kappa shape index (κ1) is 13.5. The molecule has 0 aliphatic heterocycles. The van der Waals surface area contributed by atoms with Gasteiger partial charge in [0.05, 0.1) is 0 Å². The van der Waals surface area contributed by atoms with Crippen LogP contribution in [-0.2, 0) is 6.42 Å². The van der Waals surface area contributed by atoms with E-state index in [9.17, 15) is 9.18 Å². The summed E-state index contributed by atoms with van der Waals surface area (Å²) in [5, 5.41) is 3.13. The average molecular weight is 279 g/mol. The fourth-order valence-corrected chi connectivity index (χ4v) is 1.79. The van der Waals surface area contributed by atoms with Crippen LogP contribution in [0.1, 0.15) is 16.1 Å². The maximum atomic E-state index is 13.3. The SMILES string of the molecule is O=C(NCCc1ccccc1F)c1cc(Cl)ccn1. The van der Waals surface area contributed by atoms with Crippen LogP contribution in [0.15, 0.2) is 42.6 Å². The Bertz CT molecular complexity index is 589. The first-order chi connectivity index (χ1) is 9.16. The largest absolute Gasteiger partial charge is 0.350 e. The van der Waals surface area contributed by atoms with Gasteiger partial charge in [0.25, 0.3) is 5.91 Å². The molecule has 1 aromatic carbocycles. The number of hydrogen-bond acceptors (Lipinski definition) is 2. The van der Waals surface area contributed by atoms with Gasteiger partial charge in [-0.15, -0.1) is 0 Å². The summed E-state index contributed by atoms with van der Waals surface area (Å²) in [6, 6.07) is 9.57. The van der Waals surface area contributed by atoms with E-state index in [1.165, 1.54) is 18.3 Å². The molecule has 2 aromatic rings. The lowest BCUT2D eigenvalue weighted by molar-refractivity contribution is 0.0949. The highest BCUT2D eigenvalue weighted by Crippen LogP contribution is 2.08. The number of halogens is 2. The summed E-state index contributed by atoms with van der Waals surface area (Å²) in [6.07, 6.45) is 1.90. The van der Waals surface area contributed by atoms with Crippen molar-refractivity contribution < 1.29 is 9.18 Å². The van der Waals surface area contributed by atoms with E-state index in [0.29, 0.717) is 23.6 Å². The van der Waals surface area contributed by atoms with Crippen molar-refractivity contribution in [3.05, 3.63) is 64.7 Å². The molecule has 1 heterocycles. The third kappa shape index (κ3) is 3.76. The Kier molecular flexibility index (Phi) is 4.47. The number of amides is 1. The maximum Gasteiger partial charge on any atom is 0.269 e. The zero-order valence-electron chi connectivity index (χ0n) is 10.1. The number of aromatic nitrogens is 1. The third-order valence-corrected chi connectivity index (χ3v) is 2.83. The van der Waals surface area contributed by atoms with E-state index in [1.54, 1.807) is 24.3 Å². The molecule has 0 atom stereocenters. The van der Waals surface area contributed by atoms with Crippen LogP contribution in [0, 0.1) is 5.82 Å². The maximum absolute atomic E-state index is 13.3. The second-order valence-electron chi connectivity index (χ2n) is 3.96. The van der Waals surface area contributed by atoms with Crippen LogP contribution in [0.25, 0.3) is 0 Å². The Labute approximate surface area is 115 Å². The van der Waals surface area contributed by atoms with Gasteiger partial charge in [-0.2, -0.15) is 0 Å². The standard InChI is InChI=1S/C14H12ClFN2O/c15-11-6-8-17-13(9-11)14(19)18-7-5-10-3-1-2-4-12(10)16/h1-4,6,8-9H,5,7H2,(H,18,19). The van der Waals surface area contributed by atoms with E-state index in [1.807, 2.05) is 0 Å². The second kappa shape index (κ2) is 6.29. The molecule has 19 heavy (non-hydrogen) atoms. The summed E-state index contributed by atoms with van der Waals surface area (Å²) < 4.78 is 13.3. The molecule has 2 rings (SSSR count). The van der Waals surface area contributed by atoms with Crippen LogP contribution in [0.2, 0.25) is 5.02 Å². The fourth-order valence-electron chi connectivity index (χ4n) is 1.63. The minimum absolute atomic E-state index is 0.251. The van der Waals surface area contributed by atoms with Gasteiger partial charge in [-0.05, 0) is 30.2 Å². The van der Waals surface area contributed by atoms with Crippen LogP contribution in [0.3, 0.4) is 0 Å². The number of rotatable bonds is 4. The smallest absolute Gasteiger partial charge is 0.269 e. The van der Waals surface area contributed by atoms with Gasteiger partial charge < -0.3 is 5.32 Å². The number of nitrogens with zero attached hydrogens (tertiary/aromatic N) is 1. The van der Waals surface area contributed by atoms with E-state index in [0.717, 1.165) is 0 Å². The van der Waals surface area contributed by atoms with Crippen LogP contribution in [0.5, 0.6) is 0 Å². The van der Waals surface area contributed by atoms with Crippen LogP contribution in [-0.4, -0.2) is 17.4 Å². The van der Waals surface area contributed by atoms with Gasteiger partial charge in [0.15, 0.2) is 0 Å². The second-order valence-corrected chi connectivity index (χ2v) is 4.39. The first-order valence-corrected chi connectivity index (χ1v) is 6.18. The summed E-state index contributed by atoms with van der Waals surface area (Å²) in [5.41, 5.74) is 0.822. The first-order valence-electron chi connectivity index (χ1n) is 5.80. The fraction of sp³-hybridized carbons (Fsp3) is 0.143. The molecule has 5 heteroatoms. The summed E-state index contributed by atoms with van der Waals surface area (Å²) in [6.45, 7) is 0.341. The molecule has 0 fully saturated rings. The molecule has 98 valence electrons. The number of hydrogen-bond donors (Lipinski definition) is 1. The Morgan fingerprint density at radius 1 is 1.32 bits per heavy atom. The van der Waals surface area contributed by atoms with Crippen molar-refractivity contribution in [2.45, 2.75) is 6.42 Å². The van der Waals surface area contributed by atoms with Crippen LogP contribution >= 0.6 is 11.6 Å². The number of pyridine rings is 1. The van der Waals surface area contributed by atoms with E-state index >= 15 is 0 Å². The third-order valence-electron chi connectivity index (χ3n) is 2.59. The van der Waals surface area contributed by atoms with Gasteiger partial charge in [0.1, 0.15) is 11.5 Å². The highest BCUT2D eigenvalue weighted by Gasteiger charge is 2.07. The van der Waals surface area contributed by atoms with E-state index < -0.39 is 0 Å². The van der Waals surface area contributed by atoms with Crippen molar-refractivity contribution in [2.24, 2.45) is 0 Å². The lowest BCUT2D eigenvalue weighted by Gasteiger charge is -2.05. The van der Waals surface area contributed by atoms with Crippen molar-refractivity contribution in [3.8, 4) is 0 Å². The summed E-state index contributed by atoms with van der Waals surface area (Å²) >= 11 is 5.77. The predicted molar refractivity (Wildman–Crippen MR) is 71.7 cm³/mol. The molecular weight excluding hydrogens is 267 g/mol. The predicted octanol–water partition coefficient (Wildman–Crippen LogP) is 2.85. The van der Waals surface area contributed by atoms with Crippen molar-refractivity contribution in [1.29, 1.82) is 0 Å². The molecule has 3 nitrogen and oxygen atoms in total. The Morgan fingerprint density at radius 2 is 2.11 bits per heavy atom. The molecular formula is C14H12ClFN2O. The molecule has 0 saturated heterocycles. The monoisotopic (exact) mass is 278 g/mol. The molecule has 0 radical (unpaired) electrons. The molecule has 0 saturated carbocycles. The normalized spacial score (nSPS) is 10.2. The Balaban J connectivity index is 1.90. The zero-order chi connectivity index (χ0) is 13.7. The van der Waals surface area contributed by atoms with Gasteiger partial charge in [-0.1, -0.05) is 29.8 Å². The van der Waals surface area contributed by atoms with Gasteiger partial charge >= 0.3 is 0 Å². The van der Waals surface area contributed by atoms with Crippen molar-refractivity contribution in [1.82, 2.24) is 10.3 Å². The molecule has 1 N–H and O–H groups in total. The average Bonchev–Trinajstić information content (AvgIpc) is 2.41. The van der Waals surface area contributed by atoms with Crippen molar-refractivity contribution >= 4 is 17.5 Å². The number of carbonyl (C=O) groups is 1. The highest BCUT2D eigenvalue weighted by atomic mass is 35.5. The minimum Gasteiger partial charge on any atom is -0.350 e. The highest BCUT2D eigenvalue weighted by molar-refractivity contribution is 6.30. The number of nitrogens with one attached hydrogen (secondary N) is 1. The van der Waals surface area contributed by atoms with Crippen LogP contribution < -0.4 is 5.32 Å². The van der Waals surface area contributed by atoms with Gasteiger partial charge in [-0.25, -0.2) is 4.39 Å². The molecule has 1 amide bonds. The molecule has 0 unspecified atom stereocenters. The van der Waals surface area contributed by atoms with E-state index in [2.05, 4.69) is 10.3 Å². The number of carbonyl (C=O) groups excluding carboxylic acids is 1. The van der Waals surface area contributed by atoms with Gasteiger partial charge in [0, 0.05) is 17.8 Å². The zero-order valence-corrected chi connectivity index (χ0v) is 10.8. The van der Waals surface area contributed by atoms with Gasteiger partial charge in [0.2, 0.25) is 0 Å². The quantitative estimate of drug-likeness (QED) is 0.934. The number of benzene rings is 1. The Morgan fingerprint density at radius 3 is 2.84 bits per heavy atom. The molecule has 0 aliphatic rings. The minimum atomic E-state index is -0.321.